The molecule has 0 aliphatic carbocycles. The van der Waals surface area contributed by atoms with Gasteiger partial charge in [-0.05, 0) is 50.6 Å². The van der Waals surface area contributed by atoms with Crippen LogP contribution in [0, 0.1) is 0 Å². The van der Waals surface area contributed by atoms with Gasteiger partial charge in [0.1, 0.15) is 0 Å². The van der Waals surface area contributed by atoms with E-state index in [1.807, 2.05) is 12.1 Å². The molecule has 2 fully saturated rings. The summed E-state index contributed by atoms with van der Waals surface area (Å²) >= 11 is 0. The van der Waals surface area contributed by atoms with Crippen LogP contribution in [0.1, 0.15) is 47.5 Å². The molecule has 2 aromatic rings. The molecule has 0 radical (unpaired) electrons. The van der Waals surface area contributed by atoms with E-state index in [1.165, 1.54) is 18.4 Å². The highest BCUT2D eigenvalue weighted by Crippen LogP contribution is 2.38. The number of pyridine rings is 1. The molecule has 136 valence electrons. The fourth-order valence-electron chi connectivity index (χ4n) is 4.83. The van der Waals surface area contributed by atoms with Crippen molar-refractivity contribution >= 4 is 5.91 Å². The number of hydrogen-bond donors (Lipinski definition) is 0. The van der Waals surface area contributed by atoms with Gasteiger partial charge in [-0.25, -0.2) is 0 Å². The first kappa shape index (κ1) is 17.2. The maximum Gasteiger partial charge on any atom is 0.255 e. The van der Waals surface area contributed by atoms with Crippen LogP contribution in [-0.4, -0.2) is 52.9 Å². The Morgan fingerprint density at radius 3 is 2.65 bits per heavy atom. The first-order chi connectivity index (χ1) is 12.8. The molecule has 0 spiro atoms. The van der Waals surface area contributed by atoms with Gasteiger partial charge >= 0.3 is 0 Å². The van der Waals surface area contributed by atoms with Crippen LogP contribution in [0.15, 0.2) is 54.9 Å². The van der Waals surface area contributed by atoms with Crippen LogP contribution in [0.4, 0.5) is 0 Å². The number of carbonyl (C=O) groups excluding carboxylic acids is 1. The Balaban J connectivity index is 1.66. The summed E-state index contributed by atoms with van der Waals surface area (Å²) in [7, 11) is 2.23. The number of likely N-dealkylation sites (tertiary alicyclic amines) is 2. The minimum Gasteiger partial charge on any atom is -0.334 e. The van der Waals surface area contributed by atoms with Crippen LogP contribution in [0.5, 0.6) is 0 Å². The second-order valence-electron chi connectivity index (χ2n) is 7.58. The molecule has 2 aliphatic rings. The smallest absolute Gasteiger partial charge is 0.255 e. The molecule has 0 saturated carbocycles. The Hall–Kier alpha value is -2.20. The third-order valence-electron chi connectivity index (χ3n) is 6.05. The van der Waals surface area contributed by atoms with Crippen molar-refractivity contribution in [2.24, 2.45) is 0 Å². The number of aromatic nitrogens is 1. The summed E-state index contributed by atoms with van der Waals surface area (Å²) in [5.74, 6) is 0.622. The normalized spacial score (nSPS) is 26.8. The molecule has 0 bridgehead atoms. The Kier molecular flexibility index (Phi) is 5.02. The molecule has 0 N–H and O–H groups in total. The van der Waals surface area contributed by atoms with Gasteiger partial charge in [-0.3, -0.25) is 9.78 Å². The molecule has 4 rings (SSSR count). The number of carbonyl (C=O) groups is 1. The van der Waals surface area contributed by atoms with Crippen LogP contribution >= 0.6 is 0 Å². The summed E-state index contributed by atoms with van der Waals surface area (Å²) in [6, 6.07) is 15.2. The van der Waals surface area contributed by atoms with E-state index < -0.39 is 0 Å². The number of amides is 1. The largest absolute Gasteiger partial charge is 0.334 e. The zero-order valence-electron chi connectivity index (χ0n) is 15.4. The molecule has 26 heavy (non-hydrogen) atoms. The lowest BCUT2D eigenvalue weighted by Gasteiger charge is -2.48. The van der Waals surface area contributed by atoms with Crippen molar-refractivity contribution in [3.8, 4) is 0 Å². The number of hydrogen-bond acceptors (Lipinski definition) is 3. The third kappa shape index (κ3) is 3.26. The summed E-state index contributed by atoms with van der Waals surface area (Å²) < 4.78 is 0. The monoisotopic (exact) mass is 349 g/mol. The van der Waals surface area contributed by atoms with E-state index in [2.05, 4.69) is 52.2 Å². The Morgan fingerprint density at radius 1 is 1.04 bits per heavy atom. The van der Waals surface area contributed by atoms with Crippen LogP contribution in [0.2, 0.25) is 0 Å². The standard InChI is InChI=1S/C22H27N3O/c1-24-14-6-5-11-20-21(24)19(17-8-3-2-4-9-17)12-15-25(20)22(26)18-10-7-13-23-16-18/h2-4,7-10,13,16,19-21H,5-6,11-12,14-15H2,1H3/t19-,20-,21-/m1/s1. The molecule has 0 unspecified atom stereocenters. The van der Waals surface area contributed by atoms with Gasteiger partial charge in [0.2, 0.25) is 0 Å². The van der Waals surface area contributed by atoms with Gasteiger partial charge in [0.25, 0.3) is 5.91 Å². The summed E-state index contributed by atoms with van der Waals surface area (Å²) in [6.07, 6.45) is 7.91. The lowest BCUT2D eigenvalue weighted by atomic mass is 9.79. The Bertz CT molecular complexity index is 734. The van der Waals surface area contributed by atoms with Crippen molar-refractivity contribution in [1.82, 2.24) is 14.8 Å². The quantitative estimate of drug-likeness (QED) is 0.832. The highest BCUT2D eigenvalue weighted by Gasteiger charge is 2.43. The lowest BCUT2D eigenvalue weighted by molar-refractivity contribution is 0.0318. The SMILES string of the molecule is CN1CCCC[C@@H]2[C@H]1[C@@H](c1ccccc1)CCN2C(=O)c1cccnc1. The molecule has 3 heterocycles. The minimum atomic E-state index is 0.134. The van der Waals surface area contributed by atoms with Gasteiger partial charge < -0.3 is 9.80 Å². The van der Waals surface area contributed by atoms with E-state index in [1.54, 1.807) is 12.4 Å². The van der Waals surface area contributed by atoms with E-state index in [-0.39, 0.29) is 11.9 Å². The van der Waals surface area contributed by atoms with Gasteiger partial charge in [-0.2, -0.15) is 0 Å². The first-order valence-corrected chi connectivity index (χ1v) is 9.72. The van der Waals surface area contributed by atoms with Gasteiger partial charge in [-0.1, -0.05) is 36.8 Å². The van der Waals surface area contributed by atoms with Gasteiger partial charge in [0, 0.05) is 36.9 Å². The molecule has 4 heteroatoms. The molecule has 1 amide bonds. The second kappa shape index (κ2) is 7.58. The minimum absolute atomic E-state index is 0.134. The van der Waals surface area contributed by atoms with Gasteiger partial charge in [0.05, 0.1) is 5.56 Å². The molecular formula is C22H27N3O. The van der Waals surface area contributed by atoms with E-state index in [0.717, 1.165) is 25.9 Å². The van der Waals surface area contributed by atoms with Gasteiger partial charge in [-0.15, -0.1) is 0 Å². The number of piperidine rings is 1. The number of nitrogens with zero attached hydrogens (tertiary/aromatic N) is 3. The zero-order chi connectivity index (χ0) is 17.9. The van der Waals surface area contributed by atoms with Gasteiger partial charge in [0.15, 0.2) is 0 Å². The fourth-order valence-corrected chi connectivity index (χ4v) is 4.83. The van der Waals surface area contributed by atoms with Crippen molar-refractivity contribution in [2.75, 3.05) is 20.1 Å². The van der Waals surface area contributed by atoms with Crippen molar-refractivity contribution in [3.63, 3.8) is 0 Å². The average Bonchev–Trinajstić information content (AvgIpc) is 2.90. The molecule has 2 saturated heterocycles. The fraction of sp³-hybridized carbons (Fsp3) is 0.455. The number of fused-ring (bicyclic) bond motifs is 1. The maximum atomic E-state index is 13.2. The van der Waals surface area contributed by atoms with Crippen molar-refractivity contribution in [3.05, 3.63) is 66.0 Å². The highest BCUT2D eigenvalue weighted by atomic mass is 16.2. The number of likely N-dealkylation sites (N-methyl/N-ethyl adjacent to an activating group) is 1. The maximum absolute atomic E-state index is 13.2. The zero-order valence-corrected chi connectivity index (χ0v) is 15.4. The average molecular weight is 349 g/mol. The predicted molar refractivity (Wildman–Crippen MR) is 103 cm³/mol. The van der Waals surface area contributed by atoms with Crippen LogP contribution < -0.4 is 0 Å². The molecule has 1 aromatic heterocycles. The van der Waals surface area contributed by atoms with Crippen LogP contribution in [0.3, 0.4) is 0 Å². The van der Waals surface area contributed by atoms with Crippen molar-refractivity contribution in [2.45, 2.75) is 43.7 Å². The summed E-state index contributed by atoms with van der Waals surface area (Å²) in [6.45, 7) is 1.93. The molecule has 1 aromatic carbocycles. The molecule has 2 aliphatic heterocycles. The number of rotatable bonds is 2. The summed E-state index contributed by atoms with van der Waals surface area (Å²) in [4.78, 5) is 22.0. The van der Waals surface area contributed by atoms with E-state index in [4.69, 9.17) is 0 Å². The van der Waals surface area contributed by atoms with Crippen molar-refractivity contribution < 1.29 is 4.79 Å². The summed E-state index contributed by atoms with van der Waals surface area (Å²) in [5, 5.41) is 0. The summed E-state index contributed by atoms with van der Waals surface area (Å²) in [5.41, 5.74) is 2.11. The highest BCUT2D eigenvalue weighted by molar-refractivity contribution is 5.94. The Labute approximate surface area is 155 Å². The second-order valence-corrected chi connectivity index (χ2v) is 7.58. The molecule has 3 atom stereocenters. The third-order valence-corrected chi connectivity index (χ3v) is 6.05. The number of benzene rings is 1. The lowest BCUT2D eigenvalue weighted by Crippen LogP contribution is -2.58. The molecular weight excluding hydrogens is 322 g/mol. The topological polar surface area (TPSA) is 36.4 Å². The van der Waals surface area contributed by atoms with Crippen LogP contribution in [0.25, 0.3) is 0 Å². The Morgan fingerprint density at radius 2 is 1.88 bits per heavy atom. The van der Waals surface area contributed by atoms with E-state index in [9.17, 15) is 4.79 Å². The van der Waals surface area contributed by atoms with E-state index >= 15 is 0 Å². The van der Waals surface area contributed by atoms with Crippen LogP contribution in [-0.2, 0) is 0 Å². The first-order valence-electron chi connectivity index (χ1n) is 9.72. The predicted octanol–water partition coefficient (Wildman–Crippen LogP) is 3.56. The van der Waals surface area contributed by atoms with E-state index in [0.29, 0.717) is 17.5 Å². The van der Waals surface area contributed by atoms with Crippen molar-refractivity contribution in [1.29, 1.82) is 0 Å². The molecule has 4 nitrogen and oxygen atoms in total.